The highest BCUT2D eigenvalue weighted by atomic mass is 19.4. The predicted octanol–water partition coefficient (Wildman–Crippen LogP) is 3.22. The van der Waals surface area contributed by atoms with Crippen molar-refractivity contribution >= 4 is 5.78 Å². The van der Waals surface area contributed by atoms with Crippen LogP contribution in [-0.2, 0) is 0 Å². The number of ether oxygens (including phenoxy) is 2. The molecular formula is C14H10F3NO3. The van der Waals surface area contributed by atoms with Crippen molar-refractivity contribution in [2.75, 3.05) is 7.11 Å². The summed E-state index contributed by atoms with van der Waals surface area (Å²) >= 11 is 0. The lowest BCUT2D eigenvalue weighted by Crippen LogP contribution is -2.19. The Bertz CT molecular complexity index is 642. The first-order chi connectivity index (χ1) is 9.90. The summed E-state index contributed by atoms with van der Waals surface area (Å²) in [6.45, 7) is 0. The van der Waals surface area contributed by atoms with Gasteiger partial charge in [0.2, 0.25) is 0 Å². The van der Waals surface area contributed by atoms with Crippen LogP contribution in [0.5, 0.6) is 11.5 Å². The molecule has 0 saturated carbocycles. The minimum atomic E-state index is -4.89. The van der Waals surface area contributed by atoms with Crippen molar-refractivity contribution in [2.45, 2.75) is 6.36 Å². The zero-order chi connectivity index (χ0) is 15.5. The van der Waals surface area contributed by atoms with Gasteiger partial charge in [0, 0.05) is 18.0 Å². The average molecular weight is 297 g/mol. The molecule has 2 rings (SSSR count). The van der Waals surface area contributed by atoms with Gasteiger partial charge in [-0.05, 0) is 30.3 Å². The molecule has 0 bridgehead atoms. The molecule has 4 nitrogen and oxygen atoms in total. The molecule has 2 aromatic rings. The Hall–Kier alpha value is -2.57. The second-order valence-electron chi connectivity index (χ2n) is 3.98. The van der Waals surface area contributed by atoms with Crippen LogP contribution >= 0.6 is 0 Å². The van der Waals surface area contributed by atoms with Gasteiger partial charge in [-0.2, -0.15) is 0 Å². The summed E-state index contributed by atoms with van der Waals surface area (Å²) in [6.07, 6.45) is -2.17. The van der Waals surface area contributed by atoms with E-state index in [0.29, 0.717) is 0 Å². The minimum absolute atomic E-state index is 0.151. The van der Waals surface area contributed by atoms with E-state index in [1.165, 1.54) is 43.8 Å². The maximum atomic E-state index is 12.4. The normalized spacial score (nSPS) is 11.0. The number of rotatable bonds is 4. The van der Waals surface area contributed by atoms with Gasteiger partial charge in [0.15, 0.2) is 5.78 Å². The van der Waals surface area contributed by atoms with Crippen LogP contribution in [0.2, 0.25) is 0 Å². The van der Waals surface area contributed by atoms with Crippen LogP contribution in [0.1, 0.15) is 15.9 Å². The summed E-state index contributed by atoms with van der Waals surface area (Å²) in [4.78, 5) is 16.0. The second-order valence-corrected chi connectivity index (χ2v) is 3.98. The van der Waals surface area contributed by atoms with Crippen LogP contribution in [0.15, 0.2) is 42.7 Å². The minimum Gasteiger partial charge on any atom is -0.497 e. The van der Waals surface area contributed by atoms with Crippen LogP contribution < -0.4 is 9.47 Å². The summed E-state index contributed by atoms with van der Waals surface area (Å²) in [5, 5.41) is 0. The molecule has 0 amide bonds. The third kappa shape index (κ3) is 3.71. The summed E-state index contributed by atoms with van der Waals surface area (Å²) in [5.41, 5.74) is -0.0996. The maximum Gasteiger partial charge on any atom is 0.573 e. The Morgan fingerprint density at radius 3 is 2.57 bits per heavy atom. The molecule has 0 N–H and O–H groups in total. The van der Waals surface area contributed by atoms with Gasteiger partial charge in [-0.3, -0.25) is 9.78 Å². The Morgan fingerprint density at radius 2 is 2.00 bits per heavy atom. The molecule has 110 valence electrons. The number of hydrogen-bond acceptors (Lipinski definition) is 4. The lowest BCUT2D eigenvalue weighted by molar-refractivity contribution is -0.274. The highest BCUT2D eigenvalue weighted by Crippen LogP contribution is 2.30. The van der Waals surface area contributed by atoms with E-state index in [-0.39, 0.29) is 16.9 Å². The molecule has 0 unspecified atom stereocenters. The Labute approximate surface area is 118 Å². The van der Waals surface area contributed by atoms with E-state index in [1.54, 1.807) is 0 Å². The highest BCUT2D eigenvalue weighted by molar-refractivity contribution is 6.10. The van der Waals surface area contributed by atoms with Crippen molar-refractivity contribution in [3.63, 3.8) is 0 Å². The smallest absolute Gasteiger partial charge is 0.497 e. The van der Waals surface area contributed by atoms with Crippen molar-refractivity contribution < 1.29 is 27.4 Å². The molecule has 1 aromatic carbocycles. The number of carbonyl (C=O) groups excluding carboxylic acids is 1. The number of methoxy groups -OCH3 is 1. The van der Waals surface area contributed by atoms with Crippen molar-refractivity contribution in [3.05, 3.63) is 53.9 Å². The largest absolute Gasteiger partial charge is 0.573 e. The monoisotopic (exact) mass is 297 g/mol. The first-order valence-corrected chi connectivity index (χ1v) is 5.79. The lowest BCUT2D eigenvalue weighted by atomic mass is 10.0. The van der Waals surface area contributed by atoms with Gasteiger partial charge >= 0.3 is 6.36 Å². The number of ketones is 1. The van der Waals surface area contributed by atoms with Gasteiger partial charge in [-0.25, -0.2) is 0 Å². The van der Waals surface area contributed by atoms with Gasteiger partial charge in [0.05, 0.1) is 12.7 Å². The number of carbonyl (C=O) groups is 1. The first-order valence-electron chi connectivity index (χ1n) is 5.79. The average Bonchev–Trinajstić information content (AvgIpc) is 2.46. The molecule has 0 radical (unpaired) electrons. The number of aromatic nitrogens is 1. The molecule has 0 fully saturated rings. The predicted molar refractivity (Wildman–Crippen MR) is 67.3 cm³/mol. The molecule has 1 aromatic heterocycles. The molecule has 1 heterocycles. The third-order valence-corrected chi connectivity index (χ3v) is 2.58. The van der Waals surface area contributed by atoms with Gasteiger partial charge in [-0.15, -0.1) is 13.2 Å². The van der Waals surface area contributed by atoms with Crippen molar-refractivity contribution in [3.8, 4) is 11.5 Å². The molecule has 0 aliphatic carbocycles. The molecule has 0 atom stereocenters. The third-order valence-electron chi connectivity index (χ3n) is 2.58. The van der Waals surface area contributed by atoms with Crippen LogP contribution in [-0.4, -0.2) is 24.2 Å². The Morgan fingerprint density at radius 1 is 1.24 bits per heavy atom. The molecule has 0 aliphatic heterocycles. The number of halogens is 3. The fraction of sp³-hybridized carbons (Fsp3) is 0.143. The van der Waals surface area contributed by atoms with E-state index in [1.807, 2.05) is 0 Å². The van der Waals surface area contributed by atoms with Crippen molar-refractivity contribution in [2.24, 2.45) is 0 Å². The number of nitrogens with zero attached hydrogens (tertiary/aromatic N) is 1. The van der Waals surface area contributed by atoms with E-state index >= 15 is 0 Å². The Kier molecular flexibility index (Phi) is 4.11. The van der Waals surface area contributed by atoms with Gasteiger partial charge in [0.1, 0.15) is 11.5 Å². The van der Waals surface area contributed by atoms with E-state index in [4.69, 9.17) is 4.74 Å². The fourth-order valence-corrected chi connectivity index (χ4v) is 1.68. The first kappa shape index (κ1) is 14.8. The van der Waals surface area contributed by atoms with Gasteiger partial charge in [-0.1, -0.05) is 0 Å². The molecule has 7 heteroatoms. The molecule has 21 heavy (non-hydrogen) atoms. The highest BCUT2D eigenvalue weighted by Gasteiger charge is 2.33. The second kappa shape index (κ2) is 5.82. The van der Waals surface area contributed by atoms with Crippen LogP contribution in [0.3, 0.4) is 0 Å². The standard InChI is InChI=1S/C14H10F3NO3/c1-20-10-4-5-12(21-14(15,16)17)11(7-10)13(19)9-3-2-6-18-8-9/h2-8H,1H3. The van der Waals surface area contributed by atoms with Crippen LogP contribution in [0.25, 0.3) is 0 Å². The summed E-state index contributed by atoms with van der Waals surface area (Å²) in [5.74, 6) is -0.977. The van der Waals surface area contributed by atoms with Crippen LogP contribution in [0, 0.1) is 0 Å². The summed E-state index contributed by atoms with van der Waals surface area (Å²) in [7, 11) is 1.35. The molecule has 0 spiro atoms. The summed E-state index contributed by atoms with van der Waals surface area (Å²) in [6, 6.07) is 6.47. The zero-order valence-corrected chi connectivity index (χ0v) is 10.8. The van der Waals surface area contributed by atoms with E-state index in [9.17, 15) is 18.0 Å². The number of hydrogen-bond donors (Lipinski definition) is 0. The topological polar surface area (TPSA) is 48.4 Å². The Balaban J connectivity index is 2.46. The molecule has 0 aliphatic rings. The number of alkyl halides is 3. The van der Waals surface area contributed by atoms with Gasteiger partial charge < -0.3 is 9.47 Å². The van der Waals surface area contributed by atoms with Crippen molar-refractivity contribution in [1.29, 1.82) is 0 Å². The van der Waals surface area contributed by atoms with E-state index in [0.717, 1.165) is 6.07 Å². The van der Waals surface area contributed by atoms with Crippen molar-refractivity contribution in [1.82, 2.24) is 4.98 Å². The van der Waals surface area contributed by atoms with E-state index in [2.05, 4.69) is 9.72 Å². The lowest BCUT2D eigenvalue weighted by Gasteiger charge is -2.13. The molecule has 0 saturated heterocycles. The zero-order valence-electron chi connectivity index (χ0n) is 10.8. The van der Waals surface area contributed by atoms with Gasteiger partial charge in [0.25, 0.3) is 0 Å². The molecular weight excluding hydrogens is 287 g/mol. The van der Waals surface area contributed by atoms with Crippen LogP contribution in [0.4, 0.5) is 13.2 Å². The summed E-state index contributed by atoms with van der Waals surface area (Å²) < 4.78 is 46.0. The number of benzene rings is 1. The van der Waals surface area contributed by atoms with E-state index < -0.39 is 17.9 Å². The fourth-order valence-electron chi connectivity index (χ4n) is 1.68. The quantitative estimate of drug-likeness (QED) is 0.813. The number of pyridine rings is 1. The SMILES string of the molecule is COc1ccc(OC(F)(F)F)c(C(=O)c2cccnc2)c1. The maximum absolute atomic E-state index is 12.4.